The number of benzene rings is 2. The standard InChI is InChI=1S/C23H27N3O4S/c1-15-12-16(2)21(17(3)13-15)31(27,28)26-10-8-18(9-11-26)22-24-23(30-25-22)19-6-5-7-20(14-19)29-4/h5-7,12-14,18H,8-11H2,1-4H3. The third-order valence-electron chi connectivity index (χ3n) is 5.78. The number of aromatic nitrogens is 2. The van der Waals surface area contributed by atoms with Gasteiger partial charge in [-0.25, -0.2) is 8.42 Å². The lowest BCUT2D eigenvalue weighted by atomic mass is 9.97. The monoisotopic (exact) mass is 441 g/mol. The summed E-state index contributed by atoms with van der Waals surface area (Å²) in [4.78, 5) is 4.99. The number of methoxy groups -OCH3 is 1. The second-order valence-corrected chi connectivity index (χ2v) is 9.97. The summed E-state index contributed by atoms with van der Waals surface area (Å²) in [5, 5.41) is 4.16. The largest absolute Gasteiger partial charge is 0.497 e. The number of rotatable bonds is 5. The van der Waals surface area contributed by atoms with E-state index in [-0.39, 0.29) is 5.92 Å². The molecule has 0 radical (unpaired) electrons. The molecule has 1 aliphatic rings. The minimum Gasteiger partial charge on any atom is -0.497 e. The molecule has 0 unspecified atom stereocenters. The van der Waals surface area contributed by atoms with E-state index in [0.717, 1.165) is 28.0 Å². The van der Waals surface area contributed by atoms with Gasteiger partial charge in [-0.15, -0.1) is 0 Å². The fourth-order valence-electron chi connectivity index (χ4n) is 4.33. The van der Waals surface area contributed by atoms with Gasteiger partial charge in [0.2, 0.25) is 10.0 Å². The number of aryl methyl sites for hydroxylation is 3. The summed E-state index contributed by atoms with van der Waals surface area (Å²) in [5.41, 5.74) is 3.45. The normalized spacial score (nSPS) is 15.9. The number of piperidine rings is 1. The molecular weight excluding hydrogens is 414 g/mol. The molecule has 0 atom stereocenters. The molecule has 1 saturated heterocycles. The van der Waals surface area contributed by atoms with Crippen LogP contribution in [0.1, 0.15) is 41.3 Å². The second-order valence-electron chi connectivity index (χ2n) is 8.10. The maximum atomic E-state index is 13.3. The quantitative estimate of drug-likeness (QED) is 0.589. The Labute approximate surface area is 183 Å². The van der Waals surface area contributed by atoms with Crippen molar-refractivity contribution in [2.24, 2.45) is 0 Å². The predicted octanol–water partition coefficient (Wildman–Crippen LogP) is 4.24. The molecule has 0 spiro atoms. The van der Waals surface area contributed by atoms with Crippen molar-refractivity contribution in [2.75, 3.05) is 20.2 Å². The van der Waals surface area contributed by atoms with E-state index in [2.05, 4.69) is 10.1 Å². The van der Waals surface area contributed by atoms with E-state index >= 15 is 0 Å². The van der Waals surface area contributed by atoms with Crippen LogP contribution in [-0.2, 0) is 10.0 Å². The molecule has 2 heterocycles. The molecule has 0 saturated carbocycles. The van der Waals surface area contributed by atoms with Gasteiger partial charge in [0.25, 0.3) is 5.89 Å². The van der Waals surface area contributed by atoms with Crippen LogP contribution in [0.25, 0.3) is 11.5 Å². The zero-order valence-corrected chi connectivity index (χ0v) is 19.1. The third-order valence-corrected chi connectivity index (χ3v) is 7.98. The van der Waals surface area contributed by atoms with Crippen molar-refractivity contribution in [1.82, 2.24) is 14.4 Å². The molecule has 164 valence electrons. The average Bonchev–Trinajstić information content (AvgIpc) is 3.23. The molecule has 0 amide bonds. The zero-order valence-electron chi connectivity index (χ0n) is 18.3. The number of hydrogen-bond donors (Lipinski definition) is 0. The highest BCUT2D eigenvalue weighted by Crippen LogP contribution is 2.33. The van der Waals surface area contributed by atoms with Crippen LogP contribution in [0.3, 0.4) is 0 Å². The van der Waals surface area contributed by atoms with Gasteiger partial charge in [-0.05, 0) is 62.9 Å². The molecule has 4 rings (SSSR count). The lowest BCUT2D eigenvalue weighted by Gasteiger charge is -2.30. The topological polar surface area (TPSA) is 85.5 Å². The van der Waals surface area contributed by atoms with E-state index in [1.165, 1.54) is 0 Å². The van der Waals surface area contributed by atoms with Crippen LogP contribution in [0.5, 0.6) is 5.75 Å². The van der Waals surface area contributed by atoms with Crippen molar-refractivity contribution < 1.29 is 17.7 Å². The molecule has 0 aliphatic carbocycles. The van der Waals surface area contributed by atoms with Crippen LogP contribution in [0.2, 0.25) is 0 Å². The Kier molecular flexibility index (Phi) is 5.85. The average molecular weight is 442 g/mol. The van der Waals surface area contributed by atoms with Crippen molar-refractivity contribution >= 4 is 10.0 Å². The first-order valence-electron chi connectivity index (χ1n) is 10.4. The predicted molar refractivity (Wildman–Crippen MR) is 118 cm³/mol. The van der Waals surface area contributed by atoms with Gasteiger partial charge in [0.15, 0.2) is 5.82 Å². The van der Waals surface area contributed by atoms with Crippen LogP contribution in [0.4, 0.5) is 0 Å². The molecule has 8 heteroatoms. The Balaban J connectivity index is 1.49. The summed E-state index contributed by atoms with van der Waals surface area (Å²) in [6.45, 7) is 6.57. The molecule has 0 N–H and O–H groups in total. The summed E-state index contributed by atoms with van der Waals surface area (Å²) in [6.07, 6.45) is 1.31. The van der Waals surface area contributed by atoms with Crippen LogP contribution < -0.4 is 4.74 Å². The molecule has 0 bridgehead atoms. The van der Waals surface area contributed by atoms with Crippen molar-refractivity contribution in [1.29, 1.82) is 0 Å². The van der Waals surface area contributed by atoms with Gasteiger partial charge >= 0.3 is 0 Å². The smallest absolute Gasteiger partial charge is 0.258 e. The molecule has 1 fully saturated rings. The molecule has 1 aliphatic heterocycles. The van der Waals surface area contributed by atoms with Gasteiger partial charge in [0.05, 0.1) is 12.0 Å². The lowest BCUT2D eigenvalue weighted by Crippen LogP contribution is -2.38. The van der Waals surface area contributed by atoms with Gasteiger partial charge in [0, 0.05) is 24.6 Å². The van der Waals surface area contributed by atoms with Crippen molar-refractivity contribution in [3.8, 4) is 17.2 Å². The Morgan fingerprint density at radius 2 is 1.74 bits per heavy atom. The Morgan fingerprint density at radius 3 is 2.39 bits per heavy atom. The Hall–Kier alpha value is -2.71. The van der Waals surface area contributed by atoms with Gasteiger partial charge in [-0.2, -0.15) is 9.29 Å². The first kappa shape index (κ1) is 21.5. The third kappa shape index (κ3) is 4.22. The minimum atomic E-state index is -3.54. The second kappa shape index (κ2) is 8.43. The van der Waals surface area contributed by atoms with Gasteiger partial charge in [-0.1, -0.05) is 28.9 Å². The van der Waals surface area contributed by atoms with Crippen LogP contribution in [-0.4, -0.2) is 43.1 Å². The van der Waals surface area contributed by atoms with Crippen molar-refractivity contribution in [3.05, 3.63) is 58.9 Å². The van der Waals surface area contributed by atoms with E-state index in [9.17, 15) is 8.42 Å². The first-order valence-corrected chi connectivity index (χ1v) is 11.8. The highest BCUT2D eigenvalue weighted by Gasteiger charge is 2.33. The summed E-state index contributed by atoms with van der Waals surface area (Å²) in [7, 11) is -1.93. The molecule has 31 heavy (non-hydrogen) atoms. The summed E-state index contributed by atoms with van der Waals surface area (Å²) in [6, 6.07) is 11.3. The fourth-order valence-corrected chi connectivity index (χ4v) is 6.21. The molecule has 7 nitrogen and oxygen atoms in total. The maximum Gasteiger partial charge on any atom is 0.258 e. The summed E-state index contributed by atoms with van der Waals surface area (Å²) in [5.74, 6) is 1.85. The Morgan fingerprint density at radius 1 is 1.06 bits per heavy atom. The van der Waals surface area contributed by atoms with Gasteiger partial charge in [0.1, 0.15) is 5.75 Å². The van der Waals surface area contributed by atoms with E-state index in [4.69, 9.17) is 9.26 Å². The summed E-state index contributed by atoms with van der Waals surface area (Å²) < 4.78 is 38.9. The van der Waals surface area contributed by atoms with E-state index in [1.807, 2.05) is 57.2 Å². The summed E-state index contributed by atoms with van der Waals surface area (Å²) >= 11 is 0. The fraction of sp³-hybridized carbons (Fsp3) is 0.391. The number of ether oxygens (including phenoxy) is 1. The maximum absolute atomic E-state index is 13.3. The van der Waals surface area contributed by atoms with E-state index < -0.39 is 10.0 Å². The molecule has 3 aromatic rings. The van der Waals surface area contributed by atoms with Crippen LogP contribution >= 0.6 is 0 Å². The number of hydrogen-bond acceptors (Lipinski definition) is 6. The Bertz CT molecular complexity index is 1170. The van der Waals surface area contributed by atoms with Gasteiger partial charge in [-0.3, -0.25) is 0 Å². The molecule has 1 aromatic heterocycles. The van der Waals surface area contributed by atoms with Crippen molar-refractivity contribution in [2.45, 2.75) is 44.4 Å². The minimum absolute atomic E-state index is 0.0646. The van der Waals surface area contributed by atoms with E-state index in [0.29, 0.717) is 42.5 Å². The zero-order chi connectivity index (χ0) is 22.2. The highest BCUT2D eigenvalue weighted by molar-refractivity contribution is 7.89. The molecular formula is C23H27N3O4S. The SMILES string of the molecule is COc1cccc(-c2nc(C3CCN(S(=O)(=O)c4c(C)cc(C)cc4C)CC3)no2)c1. The molecule has 2 aromatic carbocycles. The highest BCUT2D eigenvalue weighted by atomic mass is 32.2. The lowest BCUT2D eigenvalue weighted by molar-refractivity contribution is 0.307. The van der Waals surface area contributed by atoms with Crippen LogP contribution in [0.15, 0.2) is 45.8 Å². The number of nitrogens with zero attached hydrogens (tertiary/aromatic N) is 3. The van der Waals surface area contributed by atoms with Crippen molar-refractivity contribution in [3.63, 3.8) is 0 Å². The first-order chi connectivity index (χ1) is 14.8. The van der Waals surface area contributed by atoms with Crippen LogP contribution in [0, 0.1) is 20.8 Å². The van der Waals surface area contributed by atoms with Gasteiger partial charge < -0.3 is 9.26 Å². The van der Waals surface area contributed by atoms with E-state index in [1.54, 1.807) is 11.4 Å². The number of sulfonamides is 1.